The van der Waals surface area contributed by atoms with Crippen LogP contribution in [0.5, 0.6) is 0 Å². The lowest BCUT2D eigenvalue weighted by Crippen LogP contribution is -2.44. The number of piperidine rings is 1. The van der Waals surface area contributed by atoms with E-state index in [2.05, 4.69) is 0 Å². The van der Waals surface area contributed by atoms with Gasteiger partial charge in [-0.2, -0.15) is 0 Å². The fourth-order valence-corrected chi connectivity index (χ4v) is 2.80. The van der Waals surface area contributed by atoms with Crippen LogP contribution in [0.3, 0.4) is 0 Å². The summed E-state index contributed by atoms with van der Waals surface area (Å²) in [6, 6.07) is 0. The van der Waals surface area contributed by atoms with E-state index in [1.54, 1.807) is 0 Å². The summed E-state index contributed by atoms with van der Waals surface area (Å²) in [7, 11) is 0. The number of rotatable bonds is 2. The van der Waals surface area contributed by atoms with Crippen LogP contribution in [0, 0.1) is 11.8 Å². The largest absolute Gasteiger partial charge is 0.393 e. The number of nitrogens with zero attached hydrogens (tertiary/aromatic N) is 1. The third kappa shape index (κ3) is 3.19. The average Bonchev–Trinajstić information content (AvgIpc) is 2.39. The van der Waals surface area contributed by atoms with E-state index in [9.17, 15) is 9.90 Å². The summed E-state index contributed by atoms with van der Waals surface area (Å²) >= 11 is 0. The summed E-state index contributed by atoms with van der Waals surface area (Å²) in [5, 5.41) is 9.53. The summed E-state index contributed by atoms with van der Waals surface area (Å²) in [5.41, 5.74) is 0. The fourth-order valence-electron chi connectivity index (χ4n) is 2.80. The van der Waals surface area contributed by atoms with E-state index in [1.165, 1.54) is 0 Å². The summed E-state index contributed by atoms with van der Waals surface area (Å²) < 4.78 is 5.28. The topological polar surface area (TPSA) is 49.8 Å². The van der Waals surface area contributed by atoms with Crippen molar-refractivity contribution in [2.24, 2.45) is 11.8 Å². The Labute approximate surface area is 103 Å². The van der Waals surface area contributed by atoms with Gasteiger partial charge in [-0.3, -0.25) is 4.79 Å². The lowest BCUT2D eigenvalue weighted by molar-refractivity contribution is -0.140. The highest BCUT2D eigenvalue weighted by Crippen LogP contribution is 2.24. The predicted molar refractivity (Wildman–Crippen MR) is 64.5 cm³/mol. The van der Waals surface area contributed by atoms with E-state index in [0.717, 1.165) is 52.0 Å². The van der Waals surface area contributed by atoms with Crippen LogP contribution in [-0.4, -0.2) is 48.3 Å². The molecule has 4 nitrogen and oxygen atoms in total. The Bertz CT molecular complexity index is 253. The van der Waals surface area contributed by atoms with Gasteiger partial charge in [-0.1, -0.05) is 0 Å². The number of likely N-dealkylation sites (tertiary alicyclic amines) is 1. The predicted octanol–water partition coefficient (Wildman–Crippen LogP) is 1.03. The van der Waals surface area contributed by atoms with Crippen LogP contribution in [0.2, 0.25) is 0 Å². The highest BCUT2D eigenvalue weighted by Gasteiger charge is 2.30. The monoisotopic (exact) mass is 241 g/mol. The standard InChI is InChI=1S/C13H23NO3/c1-10(15)11-2-6-14(7-3-11)13(16)12-4-8-17-9-5-12/h10-12,15H,2-9H2,1H3. The van der Waals surface area contributed by atoms with Gasteiger partial charge in [0.15, 0.2) is 0 Å². The number of hydrogen-bond acceptors (Lipinski definition) is 3. The normalized spacial score (nSPS) is 25.9. The first kappa shape index (κ1) is 12.8. The van der Waals surface area contributed by atoms with Gasteiger partial charge in [-0.15, -0.1) is 0 Å². The Morgan fingerprint density at radius 3 is 2.35 bits per heavy atom. The second-order valence-electron chi connectivity index (χ2n) is 5.29. The molecule has 1 atom stereocenters. The average molecular weight is 241 g/mol. The van der Waals surface area contributed by atoms with Gasteiger partial charge in [-0.25, -0.2) is 0 Å². The molecule has 2 rings (SSSR count). The van der Waals surface area contributed by atoms with Crippen LogP contribution >= 0.6 is 0 Å². The highest BCUT2D eigenvalue weighted by atomic mass is 16.5. The molecule has 98 valence electrons. The van der Waals surface area contributed by atoms with Crippen molar-refractivity contribution in [3.8, 4) is 0 Å². The zero-order valence-electron chi connectivity index (χ0n) is 10.6. The fraction of sp³-hybridized carbons (Fsp3) is 0.923. The van der Waals surface area contributed by atoms with Crippen LogP contribution < -0.4 is 0 Å². The van der Waals surface area contributed by atoms with Crippen molar-refractivity contribution in [3.05, 3.63) is 0 Å². The molecule has 2 aliphatic rings. The number of hydrogen-bond donors (Lipinski definition) is 1. The van der Waals surface area contributed by atoms with Gasteiger partial charge in [0.05, 0.1) is 6.10 Å². The smallest absolute Gasteiger partial charge is 0.225 e. The van der Waals surface area contributed by atoms with Crippen LogP contribution in [0.25, 0.3) is 0 Å². The minimum atomic E-state index is -0.240. The Balaban J connectivity index is 1.81. The third-order valence-corrected chi connectivity index (χ3v) is 4.10. The lowest BCUT2D eigenvalue weighted by Gasteiger charge is -2.36. The van der Waals surface area contributed by atoms with E-state index in [1.807, 2.05) is 11.8 Å². The van der Waals surface area contributed by atoms with E-state index < -0.39 is 0 Å². The molecule has 1 N–H and O–H groups in total. The molecule has 0 aliphatic carbocycles. The zero-order valence-corrected chi connectivity index (χ0v) is 10.6. The molecule has 2 aliphatic heterocycles. The number of carbonyl (C=O) groups is 1. The van der Waals surface area contributed by atoms with Gasteiger partial charge >= 0.3 is 0 Å². The van der Waals surface area contributed by atoms with Gasteiger partial charge in [0, 0.05) is 32.2 Å². The van der Waals surface area contributed by atoms with Gasteiger partial charge in [0.2, 0.25) is 5.91 Å². The lowest BCUT2D eigenvalue weighted by atomic mass is 9.90. The Morgan fingerprint density at radius 2 is 1.82 bits per heavy atom. The minimum absolute atomic E-state index is 0.173. The first-order valence-corrected chi connectivity index (χ1v) is 6.73. The number of amides is 1. The number of ether oxygens (including phenoxy) is 1. The van der Waals surface area contributed by atoms with Crippen LogP contribution in [0.15, 0.2) is 0 Å². The zero-order chi connectivity index (χ0) is 12.3. The minimum Gasteiger partial charge on any atom is -0.393 e. The summed E-state index contributed by atoms with van der Waals surface area (Å²) in [6.45, 7) is 4.92. The van der Waals surface area contributed by atoms with Crippen LogP contribution in [0.4, 0.5) is 0 Å². The quantitative estimate of drug-likeness (QED) is 0.785. The molecule has 2 saturated heterocycles. The molecular formula is C13H23NO3. The molecule has 0 aromatic rings. The Morgan fingerprint density at radius 1 is 1.24 bits per heavy atom. The number of aliphatic hydroxyl groups is 1. The number of carbonyl (C=O) groups excluding carboxylic acids is 1. The maximum atomic E-state index is 12.2. The van der Waals surface area contributed by atoms with Crippen molar-refractivity contribution in [1.82, 2.24) is 4.90 Å². The van der Waals surface area contributed by atoms with Gasteiger partial charge < -0.3 is 14.7 Å². The van der Waals surface area contributed by atoms with Gasteiger partial charge in [0.25, 0.3) is 0 Å². The van der Waals surface area contributed by atoms with Crippen LogP contribution in [-0.2, 0) is 9.53 Å². The molecule has 4 heteroatoms. The molecule has 0 spiro atoms. The van der Waals surface area contributed by atoms with Crippen molar-refractivity contribution in [2.45, 2.75) is 38.7 Å². The number of aliphatic hydroxyl groups excluding tert-OH is 1. The van der Waals surface area contributed by atoms with E-state index in [4.69, 9.17) is 4.74 Å². The van der Waals surface area contributed by atoms with Gasteiger partial charge in [-0.05, 0) is 38.5 Å². The molecule has 0 saturated carbocycles. The Kier molecular flexibility index (Phi) is 4.40. The molecule has 17 heavy (non-hydrogen) atoms. The van der Waals surface area contributed by atoms with Crippen molar-refractivity contribution in [1.29, 1.82) is 0 Å². The molecule has 0 bridgehead atoms. The molecular weight excluding hydrogens is 218 g/mol. The first-order chi connectivity index (χ1) is 8.18. The second kappa shape index (κ2) is 5.83. The molecule has 2 fully saturated rings. The molecule has 0 radical (unpaired) electrons. The van der Waals surface area contributed by atoms with Gasteiger partial charge in [0.1, 0.15) is 0 Å². The molecule has 1 unspecified atom stereocenters. The summed E-state index contributed by atoms with van der Waals surface area (Å²) in [4.78, 5) is 14.2. The SMILES string of the molecule is CC(O)C1CCN(C(=O)C2CCOCC2)CC1. The second-order valence-corrected chi connectivity index (χ2v) is 5.29. The van der Waals surface area contributed by atoms with E-state index in [-0.39, 0.29) is 12.0 Å². The third-order valence-electron chi connectivity index (χ3n) is 4.10. The maximum absolute atomic E-state index is 12.2. The Hall–Kier alpha value is -0.610. The molecule has 1 amide bonds. The highest BCUT2D eigenvalue weighted by molar-refractivity contribution is 5.79. The summed E-state index contributed by atoms with van der Waals surface area (Å²) in [5.74, 6) is 0.845. The van der Waals surface area contributed by atoms with E-state index in [0.29, 0.717) is 11.8 Å². The summed E-state index contributed by atoms with van der Waals surface area (Å²) in [6.07, 6.45) is 3.37. The molecule has 0 aromatic carbocycles. The van der Waals surface area contributed by atoms with E-state index >= 15 is 0 Å². The first-order valence-electron chi connectivity index (χ1n) is 6.73. The van der Waals surface area contributed by atoms with Crippen molar-refractivity contribution in [3.63, 3.8) is 0 Å². The maximum Gasteiger partial charge on any atom is 0.225 e. The van der Waals surface area contributed by atoms with Crippen molar-refractivity contribution < 1.29 is 14.6 Å². The molecule has 0 aromatic heterocycles. The van der Waals surface area contributed by atoms with Crippen LogP contribution in [0.1, 0.15) is 32.6 Å². The van der Waals surface area contributed by atoms with Crippen molar-refractivity contribution in [2.75, 3.05) is 26.3 Å². The van der Waals surface area contributed by atoms with Crippen molar-refractivity contribution >= 4 is 5.91 Å². The molecule has 2 heterocycles.